The summed E-state index contributed by atoms with van der Waals surface area (Å²) in [6.07, 6.45) is 0. The van der Waals surface area contributed by atoms with Crippen molar-refractivity contribution in [2.75, 3.05) is 0 Å². The smallest absolute Gasteiger partial charge is 0.158 e. The molecule has 0 aliphatic heterocycles. The van der Waals surface area contributed by atoms with Crippen molar-refractivity contribution in [3.05, 3.63) is 144 Å². The van der Waals surface area contributed by atoms with Gasteiger partial charge in [0.2, 0.25) is 0 Å². The highest BCUT2D eigenvalue weighted by Crippen LogP contribution is 2.52. The van der Waals surface area contributed by atoms with Crippen LogP contribution in [0.15, 0.2) is 127 Å². The molecule has 0 bridgehead atoms. The van der Waals surface area contributed by atoms with Crippen molar-refractivity contribution in [3.8, 4) is 22.6 Å². The molecule has 6 aromatic carbocycles. The fourth-order valence-electron chi connectivity index (χ4n) is 5.48. The van der Waals surface area contributed by atoms with Gasteiger partial charge in [0.1, 0.15) is 0 Å². The van der Waals surface area contributed by atoms with Crippen LogP contribution in [0, 0.1) is 0 Å². The molecule has 1 aliphatic rings. The van der Waals surface area contributed by atoms with Crippen LogP contribution in [-0.2, 0) is 5.41 Å². The summed E-state index contributed by atoms with van der Waals surface area (Å²) in [4.78, 5) is 0. The molecule has 1 aliphatic carbocycles. The van der Waals surface area contributed by atoms with E-state index in [1.54, 1.807) is 12.1 Å². The summed E-state index contributed by atoms with van der Waals surface area (Å²) in [7, 11) is 0. The second-order valence-electron chi connectivity index (χ2n) is 9.47. The number of fused-ring (bicyclic) bond motifs is 5. The van der Waals surface area contributed by atoms with E-state index >= 15 is 0 Å². The molecule has 0 atom stereocenters. The zero-order valence-corrected chi connectivity index (χ0v) is 24.0. The fraction of sp³-hybridized carbons (Fsp3) is 0.158. The van der Waals surface area contributed by atoms with E-state index in [-0.39, 0.29) is 16.9 Å². The van der Waals surface area contributed by atoms with Crippen LogP contribution in [-0.4, -0.2) is 10.2 Å². The molecule has 6 aromatic rings. The first-order valence-corrected chi connectivity index (χ1v) is 14.1. The van der Waals surface area contributed by atoms with E-state index in [1.165, 1.54) is 38.6 Å². The summed E-state index contributed by atoms with van der Waals surface area (Å²) in [6.45, 7) is 10.4. The predicted molar refractivity (Wildman–Crippen MR) is 171 cm³/mol. The number of phenolic OH excluding ortho intramolecular Hbond substituents is 2. The Balaban J connectivity index is 0.000000195. The lowest BCUT2D eigenvalue weighted by molar-refractivity contribution is 0.405. The van der Waals surface area contributed by atoms with E-state index < -0.39 is 0 Å². The average molecular weight is 527 g/mol. The van der Waals surface area contributed by atoms with Gasteiger partial charge < -0.3 is 10.2 Å². The van der Waals surface area contributed by atoms with E-state index in [0.717, 1.165) is 10.8 Å². The SMILES string of the molecule is CC.CC.CC1(c2ccc3ccccc3c2)c2ccccc2-c2ccccc21.Oc1cc2ccccc2cc1O. The summed E-state index contributed by atoms with van der Waals surface area (Å²) in [5.41, 5.74) is 6.80. The summed E-state index contributed by atoms with van der Waals surface area (Å²) in [5.74, 6) is -0.151. The molecule has 0 spiro atoms. The average Bonchev–Trinajstić information content (AvgIpc) is 3.29. The number of aromatic hydroxyl groups is 2. The first-order chi connectivity index (χ1) is 19.6. The third-order valence-electron chi connectivity index (χ3n) is 7.39. The highest BCUT2D eigenvalue weighted by atomic mass is 16.3. The van der Waals surface area contributed by atoms with Gasteiger partial charge >= 0.3 is 0 Å². The molecule has 0 saturated heterocycles. The second kappa shape index (κ2) is 12.5. The molecule has 0 radical (unpaired) electrons. The maximum Gasteiger partial charge on any atom is 0.158 e. The van der Waals surface area contributed by atoms with Gasteiger partial charge in [-0.1, -0.05) is 137 Å². The number of phenols is 2. The maximum atomic E-state index is 9.17. The number of rotatable bonds is 1. The largest absolute Gasteiger partial charge is 0.504 e. The van der Waals surface area contributed by atoms with Crippen LogP contribution in [0.5, 0.6) is 11.5 Å². The standard InChI is InChI=1S/C24H18.C10H8O2.2C2H6/c1-24(19-15-14-17-8-2-3-9-18(17)16-19)22-12-6-4-10-20(22)21-11-5-7-13-23(21)24;11-9-5-7-3-1-2-4-8(7)6-10(9)12;2*1-2/h2-16H,1H3;1-6,11-12H;2*1-2H3. The summed E-state index contributed by atoms with van der Waals surface area (Å²) in [6, 6.07) is 43.8. The molecule has 2 heteroatoms. The lowest BCUT2D eigenvalue weighted by atomic mass is 9.74. The molecule has 0 saturated carbocycles. The van der Waals surface area contributed by atoms with Crippen LogP contribution in [0.25, 0.3) is 32.7 Å². The predicted octanol–water partition coefficient (Wildman–Crippen LogP) is 10.5. The van der Waals surface area contributed by atoms with Crippen LogP contribution >= 0.6 is 0 Å². The Bertz CT molecular complexity index is 1650. The molecule has 40 heavy (non-hydrogen) atoms. The molecule has 0 unspecified atom stereocenters. The van der Waals surface area contributed by atoms with Gasteiger partial charge in [-0.05, 0) is 74.5 Å². The van der Waals surface area contributed by atoms with Crippen LogP contribution in [0.2, 0.25) is 0 Å². The number of hydrogen-bond donors (Lipinski definition) is 2. The lowest BCUT2D eigenvalue weighted by Gasteiger charge is -2.28. The topological polar surface area (TPSA) is 40.5 Å². The molecule has 0 heterocycles. The third kappa shape index (κ3) is 5.18. The van der Waals surface area contributed by atoms with E-state index in [9.17, 15) is 0 Å². The molecule has 0 fully saturated rings. The van der Waals surface area contributed by atoms with Gasteiger partial charge in [0.05, 0.1) is 0 Å². The van der Waals surface area contributed by atoms with Crippen molar-refractivity contribution < 1.29 is 10.2 Å². The molecule has 7 rings (SSSR count). The quantitative estimate of drug-likeness (QED) is 0.209. The van der Waals surface area contributed by atoms with Gasteiger partial charge in [0.25, 0.3) is 0 Å². The van der Waals surface area contributed by atoms with E-state index in [2.05, 4.69) is 97.9 Å². The van der Waals surface area contributed by atoms with Gasteiger partial charge in [-0.3, -0.25) is 0 Å². The third-order valence-corrected chi connectivity index (χ3v) is 7.39. The molecule has 2 nitrogen and oxygen atoms in total. The van der Waals surface area contributed by atoms with Crippen LogP contribution in [0.1, 0.15) is 51.3 Å². The zero-order chi connectivity index (χ0) is 28.7. The normalized spacial score (nSPS) is 12.0. The Morgan fingerprint density at radius 2 is 0.800 bits per heavy atom. The Morgan fingerprint density at radius 1 is 0.425 bits per heavy atom. The highest BCUT2D eigenvalue weighted by Gasteiger charge is 2.40. The number of benzene rings is 6. The Hall–Kier alpha value is -4.56. The van der Waals surface area contributed by atoms with E-state index in [1.807, 2.05) is 52.0 Å². The fourth-order valence-corrected chi connectivity index (χ4v) is 5.48. The molecule has 202 valence electrons. The highest BCUT2D eigenvalue weighted by molar-refractivity contribution is 5.87. The molecule has 2 N–H and O–H groups in total. The molecule has 0 amide bonds. The van der Waals surface area contributed by atoms with Gasteiger partial charge in [0.15, 0.2) is 11.5 Å². The first kappa shape index (κ1) is 28.4. The Labute approximate surface area is 238 Å². The zero-order valence-electron chi connectivity index (χ0n) is 24.0. The first-order valence-electron chi connectivity index (χ1n) is 14.1. The van der Waals surface area contributed by atoms with Gasteiger partial charge in [-0.25, -0.2) is 0 Å². The minimum absolute atomic E-state index is 0.0753. The van der Waals surface area contributed by atoms with Crippen LogP contribution in [0.3, 0.4) is 0 Å². The van der Waals surface area contributed by atoms with Gasteiger partial charge in [-0.2, -0.15) is 0 Å². The molecular weight excluding hydrogens is 488 g/mol. The molecule has 0 aromatic heterocycles. The van der Waals surface area contributed by atoms with Crippen LogP contribution < -0.4 is 0 Å². The minimum Gasteiger partial charge on any atom is -0.504 e. The number of hydrogen-bond acceptors (Lipinski definition) is 2. The maximum absolute atomic E-state index is 9.17. The summed E-state index contributed by atoms with van der Waals surface area (Å²) in [5, 5.41) is 22.8. The minimum atomic E-state index is -0.1000. The van der Waals surface area contributed by atoms with Crippen molar-refractivity contribution in [1.29, 1.82) is 0 Å². The van der Waals surface area contributed by atoms with E-state index in [4.69, 9.17) is 10.2 Å². The Morgan fingerprint density at radius 3 is 1.27 bits per heavy atom. The van der Waals surface area contributed by atoms with Crippen molar-refractivity contribution >= 4 is 21.5 Å². The second-order valence-corrected chi connectivity index (χ2v) is 9.47. The Kier molecular flexibility index (Phi) is 8.91. The van der Waals surface area contributed by atoms with Crippen molar-refractivity contribution in [3.63, 3.8) is 0 Å². The lowest BCUT2D eigenvalue weighted by Crippen LogP contribution is -2.22. The van der Waals surface area contributed by atoms with Crippen LogP contribution in [0.4, 0.5) is 0 Å². The monoisotopic (exact) mass is 526 g/mol. The summed E-state index contributed by atoms with van der Waals surface area (Å²) >= 11 is 0. The van der Waals surface area contributed by atoms with E-state index in [0.29, 0.717) is 0 Å². The van der Waals surface area contributed by atoms with Gasteiger partial charge in [0, 0.05) is 5.41 Å². The van der Waals surface area contributed by atoms with Crippen molar-refractivity contribution in [2.45, 2.75) is 40.0 Å². The molecular formula is C38H38O2. The van der Waals surface area contributed by atoms with Crippen molar-refractivity contribution in [2.24, 2.45) is 0 Å². The van der Waals surface area contributed by atoms with Gasteiger partial charge in [-0.15, -0.1) is 0 Å². The summed E-state index contributed by atoms with van der Waals surface area (Å²) < 4.78 is 0. The van der Waals surface area contributed by atoms with Crippen molar-refractivity contribution in [1.82, 2.24) is 0 Å².